The van der Waals surface area contributed by atoms with Crippen LogP contribution >= 0.6 is 31.9 Å². The van der Waals surface area contributed by atoms with E-state index in [1.807, 2.05) is 24.3 Å². The van der Waals surface area contributed by atoms with Crippen LogP contribution in [0.4, 0.5) is 0 Å². The summed E-state index contributed by atoms with van der Waals surface area (Å²) in [5.74, 6) is 0. The van der Waals surface area contributed by atoms with Crippen molar-refractivity contribution in [2.24, 2.45) is 0 Å². The molecule has 6 aromatic carbocycles. The Morgan fingerprint density at radius 1 is 0.237 bits per heavy atom. The van der Waals surface area contributed by atoms with Crippen LogP contribution in [0.1, 0.15) is 0 Å². The summed E-state index contributed by atoms with van der Waals surface area (Å²) >= 11 is 7.22. The van der Waals surface area contributed by atoms with Gasteiger partial charge >= 0.3 is 0 Å². The number of rotatable bonds is 4. The van der Waals surface area contributed by atoms with Crippen molar-refractivity contribution in [1.82, 2.24) is 0 Å². The van der Waals surface area contributed by atoms with Crippen molar-refractivity contribution in [3.8, 4) is 44.5 Å². The first-order chi connectivity index (χ1) is 18.7. The molecule has 184 valence electrons. The van der Waals surface area contributed by atoms with Gasteiger partial charge in [0.1, 0.15) is 0 Å². The van der Waals surface area contributed by atoms with Gasteiger partial charge in [-0.2, -0.15) is 0 Å². The summed E-state index contributed by atoms with van der Waals surface area (Å²) in [4.78, 5) is 0. The third-order valence-electron chi connectivity index (χ3n) is 6.22. The first-order valence-corrected chi connectivity index (χ1v) is 14.1. The molecule has 0 radical (unpaired) electrons. The number of hydrogen-bond donors (Lipinski definition) is 0. The lowest BCUT2D eigenvalue weighted by atomic mass is 9.99. The Bertz CT molecular complexity index is 1350. The molecular weight excluding hydrogens is 592 g/mol. The molecule has 0 fully saturated rings. The normalized spacial score (nSPS) is 10.4. The second-order valence-corrected chi connectivity index (χ2v) is 10.8. The molecule has 6 rings (SSSR count). The van der Waals surface area contributed by atoms with Gasteiger partial charge in [-0.1, -0.05) is 153 Å². The highest BCUT2D eigenvalue weighted by Gasteiger charge is 2.05. The Morgan fingerprint density at radius 2 is 0.447 bits per heavy atom. The summed E-state index contributed by atoms with van der Waals surface area (Å²) in [5, 5.41) is 0. The van der Waals surface area contributed by atoms with E-state index in [-0.39, 0.29) is 0 Å². The van der Waals surface area contributed by atoms with Crippen molar-refractivity contribution in [1.29, 1.82) is 0 Å². The molecule has 0 bridgehead atoms. The zero-order valence-electron chi connectivity index (χ0n) is 20.8. The molecule has 0 aliphatic carbocycles. The van der Waals surface area contributed by atoms with Gasteiger partial charge in [0.25, 0.3) is 0 Å². The van der Waals surface area contributed by atoms with Crippen LogP contribution in [0.15, 0.2) is 167 Å². The predicted octanol–water partition coefficient (Wildman–Crippen LogP) is 11.6. The summed E-state index contributed by atoms with van der Waals surface area (Å²) in [5.41, 5.74) is 9.87. The second-order valence-electron chi connectivity index (χ2n) is 8.92. The van der Waals surface area contributed by atoms with Crippen molar-refractivity contribution >= 4 is 31.9 Å². The van der Waals surface area contributed by atoms with E-state index in [0.717, 1.165) is 8.95 Å². The second kappa shape index (κ2) is 12.7. The molecule has 0 unspecified atom stereocenters. The third kappa shape index (κ3) is 6.77. The maximum Gasteiger partial charge on any atom is 0.0187 e. The van der Waals surface area contributed by atoms with E-state index in [1.54, 1.807) is 0 Å². The maximum absolute atomic E-state index is 3.61. The fourth-order valence-corrected chi connectivity index (χ4v) is 5.35. The molecule has 0 saturated carbocycles. The highest BCUT2D eigenvalue weighted by Crippen LogP contribution is 2.31. The summed E-state index contributed by atoms with van der Waals surface area (Å²) < 4.78 is 2.21. The van der Waals surface area contributed by atoms with Gasteiger partial charge in [0.2, 0.25) is 0 Å². The van der Waals surface area contributed by atoms with Crippen LogP contribution in [-0.4, -0.2) is 0 Å². The number of halogens is 2. The zero-order chi connectivity index (χ0) is 26.2. The molecule has 38 heavy (non-hydrogen) atoms. The van der Waals surface area contributed by atoms with Crippen LogP contribution in [0.5, 0.6) is 0 Å². The molecule has 0 spiro atoms. The standard InChI is InChI=1S/2C18H13Br/c2*19-18-12-16(14-7-3-1-4-8-14)11-17(13-18)15-9-5-2-6-10-15/h2*1-13H. The Morgan fingerprint density at radius 3 is 0.658 bits per heavy atom. The molecule has 2 heteroatoms. The Balaban J connectivity index is 0.000000155. The molecule has 0 atom stereocenters. The van der Waals surface area contributed by atoms with E-state index in [9.17, 15) is 0 Å². The molecule has 0 aromatic heterocycles. The van der Waals surface area contributed by atoms with Crippen molar-refractivity contribution < 1.29 is 0 Å². The number of hydrogen-bond acceptors (Lipinski definition) is 0. The molecule has 0 amide bonds. The van der Waals surface area contributed by atoms with Crippen molar-refractivity contribution in [2.75, 3.05) is 0 Å². The van der Waals surface area contributed by atoms with Crippen LogP contribution in [-0.2, 0) is 0 Å². The minimum absolute atomic E-state index is 1.10. The van der Waals surface area contributed by atoms with Crippen molar-refractivity contribution in [3.63, 3.8) is 0 Å². The SMILES string of the molecule is Brc1cc(-c2ccccc2)cc(-c2ccccc2)c1.Brc1cc(-c2ccccc2)cc(-c2ccccc2)c1. The first-order valence-electron chi connectivity index (χ1n) is 12.5. The van der Waals surface area contributed by atoms with Crippen LogP contribution in [0, 0.1) is 0 Å². The van der Waals surface area contributed by atoms with E-state index in [2.05, 4.69) is 165 Å². The fourth-order valence-electron chi connectivity index (χ4n) is 4.37. The molecule has 0 aliphatic rings. The molecule has 6 aromatic rings. The monoisotopic (exact) mass is 616 g/mol. The van der Waals surface area contributed by atoms with Gasteiger partial charge in [-0.15, -0.1) is 0 Å². The smallest absolute Gasteiger partial charge is 0.0187 e. The van der Waals surface area contributed by atoms with E-state index in [0.29, 0.717) is 0 Å². The minimum Gasteiger partial charge on any atom is -0.0622 e. The van der Waals surface area contributed by atoms with Gasteiger partial charge in [0.15, 0.2) is 0 Å². The summed E-state index contributed by atoms with van der Waals surface area (Å²) in [6.07, 6.45) is 0. The van der Waals surface area contributed by atoms with E-state index >= 15 is 0 Å². The maximum atomic E-state index is 3.61. The summed E-state index contributed by atoms with van der Waals surface area (Å²) in [7, 11) is 0. The molecule has 0 aliphatic heterocycles. The summed E-state index contributed by atoms with van der Waals surface area (Å²) in [6.45, 7) is 0. The highest BCUT2D eigenvalue weighted by molar-refractivity contribution is 9.10. The Hall–Kier alpha value is -3.72. The lowest BCUT2D eigenvalue weighted by Crippen LogP contribution is -1.82. The lowest BCUT2D eigenvalue weighted by Gasteiger charge is -2.07. The van der Waals surface area contributed by atoms with Crippen LogP contribution in [0.25, 0.3) is 44.5 Å². The number of benzene rings is 6. The van der Waals surface area contributed by atoms with E-state index in [1.165, 1.54) is 44.5 Å². The molecule has 0 heterocycles. The molecule has 0 nitrogen and oxygen atoms in total. The van der Waals surface area contributed by atoms with Crippen molar-refractivity contribution in [3.05, 3.63) is 167 Å². The Labute approximate surface area is 241 Å². The van der Waals surface area contributed by atoms with Crippen molar-refractivity contribution in [2.45, 2.75) is 0 Å². The van der Waals surface area contributed by atoms with Gasteiger partial charge < -0.3 is 0 Å². The molecule has 0 saturated heterocycles. The molecule has 0 N–H and O–H groups in total. The average molecular weight is 618 g/mol. The summed E-state index contributed by atoms with van der Waals surface area (Å²) in [6, 6.07) is 54.9. The van der Waals surface area contributed by atoms with Gasteiger partial charge in [-0.25, -0.2) is 0 Å². The Kier molecular flexibility index (Phi) is 8.65. The van der Waals surface area contributed by atoms with Crippen LogP contribution in [0.3, 0.4) is 0 Å². The average Bonchev–Trinajstić information content (AvgIpc) is 2.99. The minimum atomic E-state index is 1.10. The first kappa shape index (κ1) is 25.9. The third-order valence-corrected chi connectivity index (χ3v) is 7.14. The predicted molar refractivity (Wildman–Crippen MR) is 170 cm³/mol. The van der Waals surface area contributed by atoms with Gasteiger partial charge in [0, 0.05) is 8.95 Å². The van der Waals surface area contributed by atoms with E-state index in [4.69, 9.17) is 0 Å². The van der Waals surface area contributed by atoms with Gasteiger partial charge in [-0.05, 0) is 80.9 Å². The highest BCUT2D eigenvalue weighted by atomic mass is 79.9. The topological polar surface area (TPSA) is 0 Å². The zero-order valence-corrected chi connectivity index (χ0v) is 23.9. The van der Waals surface area contributed by atoms with Gasteiger partial charge in [0.05, 0.1) is 0 Å². The largest absolute Gasteiger partial charge is 0.0622 e. The quantitative estimate of drug-likeness (QED) is 0.184. The van der Waals surface area contributed by atoms with Crippen LogP contribution in [0.2, 0.25) is 0 Å². The molecular formula is C36H26Br2. The van der Waals surface area contributed by atoms with E-state index < -0.39 is 0 Å². The van der Waals surface area contributed by atoms with Gasteiger partial charge in [-0.3, -0.25) is 0 Å². The van der Waals surface area contributed by atoms with Crippen LogP contribution < -0.4 is 0 Å². The fraction of sp³-hybridized carbons (Fsp3) is 0. The lowest BCUT2D eigenvalue weighted by molar-refractivity contribution is 1.56.